The Balaban J connectivity index is 1.36. The van der Waals surface area contributed by atoms with Gasteiger partial charge < -0.3 is 14.4 Å². The van der Waals surface area contributed by atoms with E-state index in [0.29, 0.717) is 17.1 Å². The number of benzene rings is 1. The summed E-state index contributed by atoms with van der Waals surface area (Å²) in [7, 11) is 1.99. The standard InChI is InChI=1S/C24H28FN5O2/c1-15-12-30(14-26-15)16-5-6-17(19(31)11-16)18-7-8-20(28-27-18)32-22-21(25)24(3)10-9-23(22,2)13-29(24)4/h5-8,11-12,14,21-22,31H,9-10,13H2,1-4H3/t21-,22-,23+,24+/m1/s1. The molecule has 0 spiro atoms. The second kappa shape index (κ2) is 7.27. The van der Waals surface area contributed by atoms with Crippen LogP contribution in [-0.2, 0) is 0 Å². The van der Waals surface area contributed by atoms with Crippen molar-refractivity contribution in [3.8, 4) is 28.6 Å². The van der Waals surface area contributed by atoms with Crippen molar-refractivity contribution < 1.29 is 14.2 Å². The third-order valence-corrected chi connectivity index (χ3v) is 7.37. The van der Waals surface area contributed by atoms with Gasteiger partial charge in [0, 0.05) is 35.9 Å². The van der Waals surface area contributed by atoms with Crippen LogP contribution in [0.3, 0.4) is 0 Å². The molecule has 32 heavy (non-hydrogen) atoms. The molecule has 1 aromatic carbocycles. The van der Waals surface area contributed by atoms with Gasteiger partial charge in [-0.25, -0.2) is 9.37 Å². The summed E-state index contributed by atoms with van der Waals surface area (Å²) in [5.41, 5.74) is 1.98. The molecule has 4 heterocycles. The number of aryl methyl sites for hydroxylation is 1. The predicted octanol–water partition coefficient (Wildman–Crippen LogP) is 3.93. The minimum absolute atomic E-state index is 0.0914. The number of ether oxygens (including phenoxy) is 1. The number of fused-ring (bicyclic) bond motifs is 3. The number of hydrogen-bond acceptors (Lipinski definition) is 6. The molecule has 0 radical (unpaired) electrons. The number of hydrogen-bond donors (Lipinski definition) is 1. The first-order valence-electron chi connectivity index (χ1n) is 10.9. The Bertz CT molecular complexity index is 1150. The molecule has 168 valence electrons. The van der Waals surface area contributed by atoms with E-state index >= 15 is 4.39 Å². The molecule has 2 saturated heterocycles. The number of imidazole rings is 1. The number of alkyl halides is 1. The summed E-state index contributed by atoms with van der Waals surface area (Å²) in [5.74, 6) is 0.389. The van der Waals surface area contributed by atoms with Crippen LogP contribution in [0.5, 0.6) is 11.6 Å². The van der Waals surface area contributed by atoms with Crippen LogP contribution in [0.25, 0.3) is 16.9 Å². The van der Waals surface area contributed by atoms with Crippen LogP contribution in [0.4, 0.5) is 4.39 Å². The maximum absolute atomic E-state index is 15.4. The monoisotopic (exact) mass is 437 g/mol. The van der Waals surface area contributed by atoms with Crippen LogP contribution in [0.1, 0.15) is 32.4 Å². The highest BCUT2D eigenvalue weighted by Gasteiger charge is 2.61. The summed E-state index contributed by atoms with van der Waals surface area (Å²) in [6.07, 6.45) is 3.65. The molecule has 2 aliphatic heterocycles. The Labute approximate surface area is 186 Å². The van der Waals surface area contributed by atoms with E-state index < -0.39 is 17.8 Å². The first kappa shape index (κ1) is 20.9. The van der Waals surface area contributed by atoms with Crippen molar-refractivity contribution in [1.29, 1.82) is 0 Å². The lowest BCUT2D eigenvalue weighted by molar-refractivity contribution is -0.177. The van der Waals surface area contributed by atoms with Crippen molar-refractivity contribution >= 4 is 0 Å². The van der Waals surface area contributed by atoms with Crippen molar-refractivity contribution in [2.24, 2.45) is 5.41 Å². The molecule has 3 aliphatic rings. The van der Waals surface area contributed by atoms with Gasteiger partial charge in [0.2, 0.25) is 5.88 Å². The Hall–Kier alpha value is -3.00. The van der Waals surface area contributed by atoms with Gasteiger partial charge in [0.1, 0.15) is 11.9 Å². The molecule has 2 bridgehead atoms. The van der Waals surface area contributed by atoms with Crippen molar-refractivity contribution in [3.05, 3.63) is 48.5 Å². The summed E-state index contributed by atoms with van der Waals surface area (Å²) >= 11 is 0. The highest BCUT2D eigenvalue weighted by Crippen LogP contribution is 2.51. The molecular weight excluding hydrogens is 409 g/mol. The molecule has 1 saturated carbocycles. The van der Waals surface area contributed by atoms with Crippen molar-refractivity contribution in [1.82, 2.24) is 24.6 Å². The van der Waals surface area contributed by atoms with Gasteiger partial charge in [0.25, 0.3) is 0 Å². The highest BCUT2D eigenvalue weighted by atomic mass is 19.1. The van der Waals surface area contributed by atoms with Gasteiger partial charge in [-0.1, -0.05) is 6.92 Å². The Morgan fingerprint density at radius 2 is 1.97 bits per heavy atom. The first-order chi connectivity index (χ1) is 15.2. The van der Waals surface area contributed by atoms with Crippen molar-refractivity contribution in [3.63, 3.8) is 0 Å². The number of piperidine rings is 2. The van der Waals surface area contributed by atoms with Gasteiger partial charge >= 0.3 is 0 Å². The minimum atomic E-state index is -1.11. The van der Waals surface area contributed by atoms with Crippen molar-refractivity contribution in [2.45, 2.75) is 51.4 Å². The van der Waals surface area contributed by atoms with Gasteiger partial charge in [-0.2, -0.15) is 0 Å². The zero-order chi connectivity index (χ0) is 22.7. The first-order valence-corrected chi connectivity index (χ1v) is 10.9. The number of phenols is 1. The van der Waals surface area contributed by atoms with Gasteiger partial charge in [-0.05, 0) is 51.9 Å². The van der Waals surface area contributed by atoms with Gasteiger partial charge in [0.05, 0.1) is 28.9 Å². The van der Waals surface area contributed by atoms with Crippen LogP contribution in [0.15, 0.2) is 42.9 Å². The second-order valence-electron chi connectivity index (χ2n) is 9.69. The molecular formula is C24H28FN5O2. The molecule has 1 N–H and O–H groups in total. The number of nitrogens with zero attached hydrogens (tertiary/aromatic N) is 5. The fourth-order valence-electron chi connectivity index (χ4n) is 5.11. The van der Waals surface area contributed by atoms with E-state index in [-0.39, 0.29) is 11.2 Å². The average molecular weight is 438 g/mol. The smallest absolute Gasteiger partial charge is 0.233 e. The fraction of sp³-hybridized carbons (Fsp3) is 0.458. The Morgan fingerprint density at radius 3 is 2.59 bits per heavy atom. The molecule has 0 unspecified atom stereocenters. The topological polar surface area (TPSA) is 76.3 Å². The van der Waals surface area contributed by atoms with E-state index in [9.17, 15) is 5.11 Å². The molecule has 7 nitrogen and oxygen atoms in total. The number of halogens is 1. The summed E-state index contributed by atoms with van der Waals surface area (Å²) in [6.45, 7) is 6.75. The second-order valence-corrected chi connectivity index (χ2v) is 9.69. The van der Waals surface area contributed by atoms with Gasteiger partial charge in [-0.3, -0.25) is 4.90 Å². The summed E-state index contributed by atoms with van der Waals surface area (Å²) < 4.78 is 23.3. The average Bonchev–Trinajstić information content (AvgIpc) is 3.20. The summed E-state index contributed by atoms with van der Waals surface area (Å²) in [6, 6.07) is 8.77. The molecule has 0 amide bonds. The number of rotatable bonds is 4. The lowest BCUT2D eigenvalue weighted by Crippen LogP contribution is -2.72. The summed E-state index contributed by atoms with van der Waals surface area (Å²) in [4.78, 5) is 6.33. The molecule has 1 aliphatic carbocycles. The van der Waals surface area contributed by atoms with E-state index in [1.165, 1.54) is 0 Å². The molecule has 6 rings (SSSR count). The largest absolute Gasteiger partial charge is 0.507 e. The third-order valence-electron chi connectivity index (χ3n) is 7.37. The summed E-state index contributed by atoms with van der Waals surface area (Å²) in [5, 5.41) is 19.0. The minimum Gasteiger partial charge on any atom is -0.507 e. The van der Waals surface area contributed by atoms with E-state index in [4.69, 9.17) is 4.74 Å². The Kier molecular flexibility index (Phi) is 4.74. The SMILES string of the molecule is Cc1cn(-c2ccc(-c3ccc(O[C@@H]4[C@@H](F)[C@]5(C)CC[C@@]4(C)CN5C)nn3)c(O)c2)cn1. The zero-order valence-electron chi connectivity index (χ0n) is 18.8. The van der Waals surface area contributed by atoms with E-state index in [2.05, 4.69) is 27.0 Å². The number of aromatic nitrogens is 4. The fourth-order valence-corrected chi connectivity index (χ4v) is 5.11. The normalized spacial score (nSPS) is 29.9. The maximum Gasteiger partial charge on any atom is 0.233 e. The molecule has 4 atom stereocenters. The number of phenolic OH excluding ortho intramolecular Hbond substituents is 1. The van der Waals surface area contributed by atoms with Crippen LogP contribution < -0.4 is 4.74 Å². The Morgan fingerprint density at radius 1 is 1.16 bits per heavy atom. The van der Waals surface area contributed by atoms with E-state index in [0.717, 1.165) is 30.8 Å². The lowest BCUT2D eigenvalue weighted by atomic mass is 9.60. The quantitative estimate of drug-likeness (QED) is 0.667. The van der Waals surface area contributed by atoms with Gasteiger partial charge in [-0.15, -0.1) is 10.2 Å². The highest BCUT2D eigenvalue weighted by molar-refractivity contribution is 5.68. The molecule has 8 heteroatoms. The van der Waals surface area contributed by atoms with Crippen LogP contribution in [0.2, 0.25) is 0 Å². The molecule has 3 aromatic rings. The van der Waals surface area contributed by atoms with E-state index in [1.54, 1.807) is 30.6 Å². The van der Waals surface area contributed by atoms with Crippen LogP contribution in [0, 0.1) is 12.3 Å². The number of aromatic hydroxyl groups is 1. The molecule has 2 aromatic heterocycles. The van der Waals surface area contributed by atoms with Crippen molar-refractivity contribution in [2.75, 3.05) is 13.6 Å². The third kappa shape index (κ3) is 3.24. The lowest BCUT2D eigenvalue weighted by Gasteiger charge is -2.61. The molecule has 3 fully saturated rings. The van der Waals surface area contributed by atoms with Gasteiger partial charge in [0.15, 0.2) is 6.17 Å². The van der Waals surface area contributed by atoms with Crippen LogP contribution in [-0.4, -0.2) is 61.2 Å². The zero-order valence-corrected chi connectivity index (χ0v) is 18.8. The van der Waals surface area contributed by atoms with E-state index in [1.807, 2.05) is 37.7 Å². The van der Waals surface area contributed by atoms with Crippen LogP contribution >= 0.6 is 0 Å². The maximum atomic E-state index is 15.4. The predicted molar refractivity (Wildman–Crippen MR) is 119 cm³/mol.